The van der Waals surface area contributed by atoms with Crippen LogP contribution in [0.3, 0.4) is 0 Å². The van der Waals surface area contributed by atoms with Crippen LogP contribution in [-0.4, -0.2) is 32.9 Å². The molecule has 0 unspecified atom stereocenters. The third-order valence-corrected chi connectivity index (χ3v) is 4.47. The van der Waals surface area contributed by atoms with E-state index in [1.54, 1.807) is 0 Å². The van der Waals surface area contributed by atoms with E-state index in [4.69, 9.17) is 9.31 Å². The molecule has 0 N–H and O–H groups in total. The van der Waals surface area contributed by atoms with Crippen molar-refractivity contribution in [1.82, 2.24) is 14.6 Å². The van der Waals surface area contributed by atoms with Gasteiger partial charge in [-0.15, -0.1) is 10.2 Å². The van der Waals surface area contributed by atoms with Crippen molar-refractivity contribution in [3.05, 3.63) is 23.7 Å². The zero-order valence-corrected chi connectivity index (χ0v) is 12.9. The zero-order chi connectivity index (χ0) is 14.7. The minimum atomic E-state index is -0.355. The van der Waals surface area contributed by atoms with E-state index in [9.17, 15) is 0 Å². The summed E-state index contributed by atoms with van der Waals surface area (Å²) >= 11 is 0. The average molecular weight is 273 g/mol. The van der Waals surface area contributed by atoms with Gasteiger partial charge in [-0.2, -0.15) is 0 Å². The molecule has 0 radical (unpaired) electrons. The van der Waals surface area contributed by atoms with Crippen LogP contribution in [0.15, 0.2) is 12.3 Å². The van der Waals surface area contributed by atoms with Crippen molar-refractivity contribution in [2.45, 2.75) is 52.7 Å². The lowest BCUT2D eigenvalue weighted by Crippen LogP contribution is -2.41. The van der Waals surface area contributed by atoms with E-state index in [1.807, 2.05) is 30.5 Å². The molecule has 3 heterocycles. The quantitative estimate of drug-likeness (QED) is 0.741. The summed E-state index contributed by atoms with van der Waals surface area (Å²) in [5, 5.41) is 8.23. The van der Waals surface area contributed by atoms with Crippen molar-refractivity contribution in [1.29, 1.82) is 0 Å². The molecule has 0 aliphatic carbocycles. The smallest absolute Gasteiger partial charge is 0.399 e. The van der Waals surface area contributed by atoms with Crippen LogP contribution in [0, 0.1) is 13.8 Å². The molecule has 6 heteroatoms. The summed E-state index contributed by atoms with van der Waals surface area (Å²) in [5.41, 5.74) is 2.31. The van der Waals surface area contributed by atoms with Gasteiger partial charge in [-0.05, 0) is 53.2 Å². The van der Waals surface area contributed by atoms with Crippen molar-refractivity contribution in [2.24, 2.45) is 0 Å². The van der Waals surface area contributed by atoms with Gasteiger partial charge in [0, 0.05) is 11.7 Å². The van der Waals surface area contributed by atoms with Gasteiger partial charge in [-0.1, -0.05) is 0 Å². The third-order valence-electron chi connectivity index (χ3n) is 4.47. The van der Waals surface area contributed by atoms with Crippen molar-refractivity contribution in [3.63, 3.8) is 0 Å². The number of hydrogen-bond acceptors (Lipinski definition) is 4. The lowest BCUT2D eigenvalue weighted by molar-refractivity contribution is 0.00578. The topological polar surface area (TPSA) is 48.7 Å². The predicted octanol–water partition coefficient (Wildman–Crippen LogP) is 1.65. The first kappa shape index (κ1) is 13.6. The predicted molar refractivity (Wildman–Crippen MR) is 78.2 cm³/mol. The van der Waals surface area contributed by atoms with E-state index in [2.05, 4.69) is 37.9 Å². The third kappa shape index (κ3) is 1.86. The van der Waals surface area contributed by atoms with Crippen LogP contribution in [0.1, 0.15) is 39.1 Å². The van der Waals surface area contributed by atoms with Gasteiger partial charge in [0.1, 0.15) is 5.82 Å². The minimum Gasteiger partial charge on any atom is -0.399 e. The van der Waals surface area contributed by atoms with Crippen molar-refractivity contribution >= 4 is 18.2 Å². The van der Waals surface area contributed by atoms with Crippen molar-refractivity contribution < 1.29 is 9.31 Å². The highest BCUT2D eigenvalue weighted by atomic mass is 16.7. The van der Waals surface area contributed by atoms with Crippen molar-refractivity contribution in [3.8, 4) is 0 Å². The molecule has 3 rings (SSSR count). The SMILES string of the molecule is Cc1cc2nnc(C)n2cc1B1OC(C)(C)C(C)(C)O1. The summed E-state index contributed by atoms with van der Waals surface area (Å²) in [6.45, 7) is 12.2. The van der Waals surface area contributed by atoms with E-state index in [0.29, 0.717) is 0 Å². The molecule has 1 saturated heterocycles. The Hall–Kier alpha value is -1.40. The van der Waals surface area contributed by atoms with Crippen LogP contribution in [-0.2, 0) is 9.31 Å². The molecule has 0 spiro atoms. The molecule has 2 aromatic rings. The number of nitrogens with zero attached hydrogens (tertiary/aromatic N) is 3. The normalized spacial score (nSPS) is 20.8. The van der Waals surface area contributed by atoms with Crippen LogP contribution in [0.5, 0.6) is 0 Å². The lowest BCUT2D eigenvalue weighted by Gasteiger charge is -2.32. The Morgan fingerprint density at radius 2 is 1.65 bits per heavy atom. The summed E-state index contributed by atoms with van der Waals surface area (Å²) in [6.07, 6.45) is 2.02. The number of rotatable bonds is 1. The molecule has 0 atom stereocenters. The van der Waals surface area contributed by atoms with E-state index in [1.165, 1.54) is 0 Å². The Morgan fingerprint density at radius 1 is 1.05 bits per heavy atom. The summed E-state index contributed by atoms with van der Waals surface area (Å²) in [7, 11) is -0.355. The summed E-state index contributed by atoms with van der Waals surface area (Å²) < 4.78 is 14.2. The maximum absolute atomic E-state index is 6.12. The highest BCUT2D eigenvalue weighted by molar-refractivity contribution is 6.62. The zero-order valence-electron chi connectivity index (χ0n) is 12.9. The second-order valence-corrected chi connectivity index (χ2v) is 6.48. The molecule has 0 bridgehead atoms. The van der Waals surface area contributed by atoms with Gasteiger partial charge in [0.2, 0.25) is 0 Å². The molecule has 1 aliphatic rings. The Balaban J connectivity index is 2.07. The summed E-state index contributed by atoms with van der Waals surface area (Å²) in [6, 6.07) is 2.01. The monoisotopic (exact) mass is 273 g/mol. The second kappa shape index (κ2) is 4.05. The van der Waals surface area contributed by atoms with E-state index in [-0.39, 0.29) is 18.3 Å². The van der Waals surface area contributed by atoms with Gasteiger partial charge in [0.25, 0.3) is 0 Å². The molecule has 2 aromatic heterocycles. The Bertz CT molecular complexity index is 662. The Kier molecular flexibility index (Phi) is 2.75. The standard InChI is InChI=1S/C14H20BN3O2/c1-9-7-12-17-16-10(2)18(12)8-11(9)15-19-13(3,4)14(5,6)20-15/h7-8H,1-6H3. The molecule has 0 amide bonds. The van der Waals surface area contributed by atoms with Crippen LogP contribution in [0.4, 0.5) is 0 Å². The number of hydrogen-bond donors (Lipinski definition) is 0. The van der Waals surface area contributed by atoms with Crippen LogP contribution in [0.25, 0.3) is 5.65 Å². The molecular formula is C14H20BN3O2. The molecular weight excluding hydrogens is 253 g/mol. The van der Waals surface area contributed by atoms with E-state index in [0.717, 1.165) is 22.5 Å². The van der Waals surface area contributed by atoms with Gasteiger partial charge in [-0.25, -0.2) is 0 Å². The second-order valence-electron chi connectivity index (χ2n) is 6.48. The fraction of sp³-hybridized carbons (Fsp3) is 0.571. The number of fused-ring (bicyclic) bond motifs is 1. The van der Waals surface area contributed by atoms with Gasteiger partial charge in [0.05, 0.1) is 11.2 Å². The molecule has 1 aliphatic heterocycles. The van der Waals surface area contributed by atoms with E-state index >= 15 is 0 Å². The highest BCUT2D eigenvalue weighted by Gasteiger charge is 2.52. The first-order valence-electron chi connectivity index (χ1n) is 6.89. The largest absolute Gasteiger partial charge is 0.496 e. The first-order chi connectivity index (χ1) is 9.21. The Morgan fingerprint density at radius 3 is 2.25 bits per heavy atom. The number of pyridine rings is 1. The number of aryl methyl sites for hydroxylation is 2. The lowest BCUT2D eigenvalue weighted by atomic mass is 9.77. The van der Waals surface area contributed by atoms with Gasteiger partial charge in [-0.3, -0.25) is 4.40 Å². The van der Waals surface area contributed by atoms with Crippen LogP contribution in [0.2, 0.25) is 0 Å². The Labute approximate surface area is 119 Å². The number of aromatic nitrogens is 3. The van der Waals surface area contributed by atoms with Gasteiger partial charge in [0.15, 0.2) is 5.65 Å². The fourth-order valence-electron chi connectivity index (χ4n) is 2.38. The first-order valence-corrected chi connectivity index (χ1v) is 6.89. The maximum Gasteiger partial charge on any atom is 0.496 e. The average Bonchev–Trinajstić information content (AvgIpc) is 2.77. The summed E-state index contributed by atoms with van der Waals surface area (Å²) in [5.74, 6) is 0.859. The summed E-state index contributed by atoms with van der Waals surface area (Å²) in [4.78, 5) is 0. The van der Waals surface area contributed by atoms with E-state index < -0.39 is 0 Å². The molecule has 106 valence electrons. The molecule has 0 aromatic carbocycles. The minimum absolute atomic E-state index is 0.332. The molecule has 0 saturated carbocycles. The highest BCUT2D eigenvalue weighted by Crippen LogP contribution is 2.36. The van der Waals surface area contributed by atoms with Crippen LogP contribution < -0.4 is 5.46 Å². The van der Waals surface area contributed by atoms with Crippen LogP contribution >= 0.6 is 0 Å². The maximum atomic E-state index is 6.12. The molecule has 1 fully saturated rings. The molecule has 5 nitrogen and oxygen atoms in total. The fourth-order valence-corrected chi connectivity index (χ4v) is 2.38. The van der Waals surface area contributed by atoms with Gasteiger partial charge >= 0.3 is 7.12 Å². The van der Waals surface area contributed by atoms with Crippen molar-refractivity contribution in [2.75, 3.05) is 0 Å². The van der Waals surface area contributed by atoms with Gasteiger partial charge < -0.3 is 9.31 Å². The molecule has 20 heavy (non-hydrogen) atoms.